The maximum absolute atomic E-state index is 9.88. The van der Waals surface area contributed by atoms with Crippen molar-refractivity contribution < 1.29 is 5.11 Å². The van der Waals surface area contributed by atoms with Crippen molar-refractivity contribution in [2.75, 3.05) is 18.5 Å². The Kier molecular flexibility index (Phi) is 4.36. The molecule has 0 radical (unpaired) electrons. The van der Waals surface area contributed by atoms with Crippen LogP contribution in [0, 0.1) is 5.41 Å². The Hall–Kier alpha value is -2.47. The standard InChI is InChI=1S/C20H25N5O/c1-20(2,13-26)16(14-6-4-3-5-7-14)12-21-17-10-11-18-22-23-19(15-8-9-15)25(18)24-17/h3-7,10-11,15-16,26H,8-9,12-13H2,1-2H3,(H,21,24). The van der Waals surface area contributed by atoms with Gasteiger partial charge in [-0.15, -0.1) is 15.3 Å². The van der Waals surface area contributed by atoms with Crippen molar-refractivity contribution in [2.24, 2.45) is 5.41 Å². The third kappa shape index (κ3) is 3.29. The number of nitrogens with one attached hydrogen (secondary N) is 1. The third-order valence-electron chi connectivity index (χ3n) is 5.27. The average Bonchev–Trinajstić information content (AvgIpc) is 3.42. The van der Waals surface area contributed by atoms with Crippen molar-refractivity contribution in [3.63, 3.8) is 0 Å². The van der Waals surface area contributed by atoms with Crippen LogP contribution >= 0.6 is 0 Å². The molecule has 1 atom stereocenters. The van der Waals surface area contributed by atoms with Crippen LogP contribution in [0.4, 0.5) is 5.82 Å². The zero-order valence-corrected chi connectivity index (χ0v) is 15.3. The summed E-state index contributed by atoms with van der Waals surface area (Å²) in [5.41, 5.74) is 1.75. The van der Waals surface area contributed by atoms with Crippen LogP contribution in [0.2, 0.25) is 0 Å². The second kappa shape index (κ2) is 6.68. The van der Waals surface area contributed by atoms with E-state index in [1.807, 2.05) is 34.8 Å². The maximum Gasteiger partial charge on any atom is 0.178 e. The quantitative estimate of drug-likeness (QED) is 0.684. The van der Waals surface area contributed by atoms with Crippen LogP contribution in [-0.2, 0) is 0 Å². The van der Waals surface area contributed by atoms with Crippen LogP contribution in [0.25, 0.3) is 5.65 Å². The minimum absolute atomic E-state index is 0.123. The first-order chi connectivity index (χ1) is 12.6. The predicted octanol–water partition coefficient (Wildman–Crippen LogP) is 3.22. The smallest absolute Gasteiger partial charge is 0.178 e. The fraction of sp³-hybridized carbons (Fsp3) is 0.450. The van der Waals surface area contributed by atoms with Crippen LogP contribution in [0.15, 0.2) is 42.5 Å². The molecule has 2 aromatic heterocycles. The molecule has 0 amide bonds. The Labute approximate surface area is 153 Å². The molecule has 0 bridgehead atoms. The maximum atomic E-state index is 9.88. The number of aliphatic hydroxyl groups is 1. The highest BCUT2D eigenvalue weighted by atomic mass is 16.3. The predicted molar refractivity (Wildman–Crippen MR) is 101 cm³/mol. The highest BCUT2D eigenvalue weighted by Gasteiger charge is 2.31. The van der Waals surface area contributed by atoms with Gasteiger partial charge < -0.3 is 10.4 Å². The fourth-order valence-electron chi connectivity index (χ4n) is 3.34. The lowest BCUT2D eigenvalue weighted by atomic mass is 9.75. The van der Waals surface area contributed by atoms with Crippen molar-refractivity contribution in [1.29, 1.82) is 0 Å². The van der Waals surface area contributed by atoms with Gasteiger partial charge in [-0.3, -0.25) is 0 Å². The third-order valence-corrected chi connectivity index (χ3v) is 5.27. The SMILES string of the molecule is CC(C)(CO)C(CNc1ccc2nnc(C3CC3)n2n1)c1ccccc1. The lowest BCUT2D eigenvalue weighted by molar-refractivity contribution is 0.134. The summed E-state index contributed by atoms with van der Waals surface area (Å²) in [6, 6.07) is 14.2. The second-order valence-electron chi connectivity index (χ2n) is 7.81. The molecule has 2 heterocycles. The van der Waals surface area contributed by atoms with Gasteiger partial charge in [-0.05, 0) is 36.0 Å². The van der Waals surface area contributed by atoms with Gasteiger partial charge in [-0.2, -0.15) is 4.52 Å². The molecule has 1 fully saturated rings. The van der Waals surface area contributed by atoms with E-state index in [1.54, 1.807) is 0 Å². The first-order valence-electron chi connectivity index (χ1n) is 9.20. The normalized spacial score (nSPS) is 16.0. The van der Waals surface area contributed by atoms with Gasteiger partial charge in [0.2, 0.25) is 0 Å². The summed E-state index contributed by atoms with van der Waals surface area (Å²) >= 11 is 0. The topological polar surface area (TPSA) is 75.3 Å². The number of hydrogen-bond donors (Lipinski definition) is 2. The Balaban J connectivity index is 1.57. The van der Waals surface area contributed by atoms with Crippen molar-refractivity contribution in [3.05, 3.63) is 53.9 Å². The lowest BCUT2D eigenvalue weighted by Crippen LogP contribution is -2.31. The summed E-state index contributed by atoms with van der Waals surface area (Å²) in [7, 11) is 0. The number of aromatic nitrogens is 4. The summed E-state index contributed by atoms with van der Waals surface area (Å²) in [5.74, 6) is 2.42. The van der Waals surface area contributed by atoms with Gasteiger partial charge in [0.1, 0.15) is 5.82 Å². The molecule has 0 aliphatic heterocycles. The molecule has 4 rings (SSSR count). The summed E-state index contributed by atoms with van der Waals surface area (Å²) in [6.07, 6.45) is 2.34. The summed E-state index contributed by atoms with van der Waals surface area (Å²) in [6.45, 7) is 5.00. The van der Waals surface area contributed by atoms with E-state index < -0.39 is 0 Å². The Bertz CT molecular complexity index is 886. The van der Waals surface area contributed by atoms with Crippen molar-refractivity contribution in [1.82, 2.24) is 19.8 Å². The van der Waals surface area contributed by atoms with Crippen LogP contribution in [0.5, 0.6) is 0 Å². The monoisotopic (exact) mass is 351 g/mol. The molecule has 26 heavy (non-hydrogen) atoms. The number of anilines is 1. The molecular formula is C20H25N5O. The Morgan fingerprint density at radius 1 is 1.15 bits per heavy atom. The Morgan fingerprint density at radius 2 is 1.92 bits per heavy atom. The van der Waals surface area contributed by atoms with Crippen molar-refractivity contribution in [3.8, 4) is 0 Å². The van der Waals surface area contributed by atoms with E-state index >= 15 is 0 Å². The molecule has 6 nitrogen and oxygen atoms in total. The largest absolute Gasteiger partial charge is 0.396 e. The van der Waals surface area contributed by atoms with E-state index in [0.29, 0.717) is 12.5 Å². The van der Waals surface area contributed by atoms with E-state index in [1.165, 1.54) is 18.4 Å². The Morgan fingerprint density at radius 3 is 2.62 bits per heavy atom. The molecule has 6 heteroatoms. The van der Waals surface area contributed by atoms with Crippen LogP contribution < -0.4 is 5.32 Å². The molecule has 2 N–H and O–H groups in total. The highest BCUT2D eigenvalue weighted by molar-refractivity contribution is 5.45. The zero-order valence-electron chi connectivity index (χ0n) is 15.3. The molecule has 0 spiro atoms. The van der Waals surface area contributed by atoms with Gasteiger partial charge in [-0.1, -0.05) is 44.2 Å². The van der Waals surface area contributed by atoms with Crippen molar-refractivity contribution >= 4 is 11.5 Å². The van der Waals surface area contributed by atoms with Gasteiger partial charge in [0.25, 0.3) is 0 Å². The molecule has 3 aromatic rings. The van der Waals surface area contributed by atoms with E-state index in [-0.39, 0.29) is 17.9 Å². The summed E-state index contributed by atoms with van der Waals surface area (Å²) < 4.78 is 1.86. The first-order valence-corrected chi connectivity index (χ1v) is 9.20. The number of hydrogen-bond acceptors (Lipinski definition) is 5. The molecule has 1 aliphatic carbocycles. The van der Waals surface area contributed by atoms with Gasteiger partial charge in [-0.25, -0.2) is 0 Å². The minimum Gasteiger partial charge on any atom is -0.396 e. The number of fused-ring (bicyclic) bond motifs is 1. The highest BCUT2D eigenvalue weighted by Crippen LogP contribution is 2.39. The van der Waals surface area contributed by atoms with E-state index in [4.69, 9.17) is 0 Å². The fourth-order valence-corrected chi connectivity index (χ4v) is 3.34. The number of benzene rings is 1. The first kappa shape index (κ1) is 17.0. The van der Waals surface area contributed by atoms with Crippen LogP contribution in [-0.4, -0.2) is 38.1 Å². The van der Waals surface area contributed by atoms with Gasteiger partial charge >= 0.3 is 0 Å². The lowest BCUT2D eigenvalue weighted by Gasteiger charge is -2.33. The number of aliphatic hydroxyl groups excluding tert-OH is 1. The summed E-state index contributed by atoms with van der Waals surface area (Å²) in [4.78, 5) is 0. The minimum atomic E-state index is -0.242. The summed E-state index contributed by atoms with van der Waals surface area (Å²) in [5, 5.41) is 26.5. The van der Waals surface area contributed by atoms with Crippen LogP contribution in [0.1, 0.15) is 49.9 Å². The molecule has 136 valence electrons. The van der Waals surface area contributed by atoms with E-state index in [2.05, 4.69) is 46.6 Å². The average molecular weight is 351 g/mol. The van der Waals surface area contributed by atoms with Gasteiger partial charge in [0, 0.05) is 25.0 Å². The molecule has 1 aromatic carbocycles. The number of rotatable bonds is 7. The van der Waals surface area contributed by atoms with Gasteiger partial charge in [0.05, 0.1) is 0 Å². The van der Waals surface area contributed by atoms with Crippen LogP contribution in [0.3, 0.4) is 0 Å². The molecular weight excluding hydrogens is 326 g/mol. The molecule has 1 aliphatic rings. The van der Waals surface area contributed by atoms with Gasteiger partial charge in [0.15, 0.2) is 11.5 Å². The second-order valence-corrected chi connectivity index (χ2v) is 7.81. The molecule has 1 saturated carbocycles. The zero-order chi connectivity index (χ0) is 18.1. The molecule has 1 unspecified atom stereocenters. The molecule has 0 saturated heterocycles. The van der Waals surface area contributed by atoms with E-state index in [9.17, 15) is 5.11 Å². The van der Waals surface area contributed by atoms with E-state index in [0.717, 1.165) is 17.3 Å². The van der Waals surface area contributed by atoms with Crippen molar-refractivity contribution in [2.45, 2.75) is 38.5 Å². The number of nitrogens with zero attached hydrogens (tertiary/aromatic N) is 4.